The minimum absolute atomic E-state index is 0.0689. The second-order valence-corrected chi connectivity index (χ2v) is 13.1. The molecule has 8 rings (SSSR count). The number of halogens is 1. The summed E-state index contributed by atoms with van der Waals surface area (Å²) in [5.74, 6) is 0.316. The topological polar surface area (TPSA) is 90.7 Å². The first-order chi connectivity index (χ1) is 19.9. The highest BCUT2D eigenvalue weighted by molar-refractivity contribution is 6.01. The second-order valence-electron chi connectivity index (χ2n) is 13.1. The van der Waals surface area contributed by atoms with Crippen LogP contribution in [0.3, 0.4) is 0 Å². The number of aromatic nitrogens is 2. The molecule has 1 aromatic heterocycles. The number of hydrogen-bond acceptors (Lipinski definition) is 7. The van der Waals surface area contributed by atoms with Crippen LogP contribution in [0.15, 0.2) is 48.5 Å². The number of nitrogens with one attached hydrogen (secondary N) is 1. The molecule has 2 bridgehead atoms. The Morgan fingerprint density at radius 2 is 1.76 bits per heavy atom. The molecule has 4 aliphatic rings. The first kappa shape index (κ1) is 25.2. The maximum Gasteiger partial charge on any atom is 0.319 e. The quantitative estimate of drug-likeness (QED) is 0.288. The predicted molar refractivity (Wildman–Crippen MR) is 157 cm³/mol. The molecule has 0 amide bonds. The Hall–Kier alpha value is -3.49. The van der Waals surface area contributed by atoms with Crippen molar-refractivity contribution in [1.82, 2.24) is 15.3 Å². The molecule has 0 unspecified atom stereocenters. The van der Waals surface area contributed by atoms with Gasteiger partial charge in [0, 0.05) is 41.5 Å². The zero-order valence-corrected chi connectivity index (χ0v) is 23.1. The van der Waals surface area contributed by atoms with Crippen molar-refractivity contribution >= 4 is 27.5 Å². The lowest BCUT2D eigenvalue weighted by Crippen LogP contribution is -2.55. The smallest absolute Gasteiger partial charge is 0.319 e. The molecule has 2 saturated carbocycles. The fourth-order valence-corrected chi connectivity index (χ4v) is 8.17. The third-order valence-electron chi connectivity index (χ3n) is 10.2. The van der Waals surface area contributed by atoms with Crippen molar-refractivity contribution in [3.05, 3.63) is 54.3 Å². The van der Waals surface area contributed by atoms with E-state index in [1.54, 1.807) is 18.2 Å². The highest BCUT2D eigenvalue weighted by Crippen LogP contribution is 2.64. The molecule has 2 atom stereocenters. The average molecular weight is 555 g/mol. The van der Waals surface area contributed by atoms with Gasteiger partial charge in [-0.15, -0.1) is 0 Å². The number of aliphatic hydroxyl groups is 1. The molecule has 2 aliphatic heterocycles. The fraction of sp³-hybridized carbons (Fsp3) is 0.455. The molecule has 4 aromatic rings. The Bertz CT molecular complexity index is 1650. The monoisotopic (exact) mass is 554 g/mol. The standard InChI is InChI=1S/C33H35FN4O3/c34-28-25(27-13-23(40)12-20-4-1-2-5-24(20)27)8-9-26-29(28)36-31(37-30(26)38-14-21-6-7-22(15-38)35-21)41-19-33(18-39)16-32(17-33)10-3-11-32/h1-2,4-5,8-9,12-13,21-22,35,39-40H,3,6-7,10-11,14-19H2/t21-,22+. The number of benzene rings is 3. The van der Waals surface area contributed by atoms with E-state index in [1.165, 1.54) is 19.3 Å². The maximum absolute atomic E-state index is 16.6. The number of phenolic OH excluding ortho intramolecular Hbond substituents is 1. The molecule has 7 nitrogen and oxygen atoms in total. The summed E-state index contributed by atoms with van der Waals surface area (Å²) in [6.45, 7) is 1.98. The molecular weight excluding hydrogens is 519 g/mol. The van der Waals surface area contributed by atoms with Crippen LogP contribution in [0, 0.1) is 16.6 Å². The average Bonchev–Trinajstić information content (AvgIpc) is 3.28. The first-order valence-corrected chi connectivity index (χ1v) is 14.9. The van der Waals surface area contributed by atoms with Gasteiger partial charge in [0.25, 0.3) is 0 Å². The van der Waals surface area contributed by atoms with Gasteiger partial charge < -0.3 is 25.2 Å². The van der Waals surface area contributed by atoms with Gasteiger partial charge in [-0.05, 0) is 78.5 Å². The van der Waals surface area contributed by atoms with Gasteiger partial charge in [-0.2, -0.15) is 9.97 Å². The highest BCUT2D eigenvalue weighted by atomic mass is 19.1. The molecule has 3 heterocycles. The number of nitrogens with zero attached hydrogens (tertiary/aromatic N) is 3. The Balaban J connectivity index is 1.22. The molecular formula is C33H35FN4O3. The summed E-state index contributed by atoms with van der Waals surface area (Å²) in [5, 5.41) is 26.7. The molecule has 2 aliphatic carbocycles. The van der Waals surface area contributed by atoms with E-state index in [1.807, 2.05) is 30.3 Å². The third kappa shape index (κ3) is 4.14. The Morgan fingerprint density at radius 3 is 2.49 bits per heavy atom. The van der Waals surface area contributed by atoms with Crippen molar-refractivity contribution in [2.75, 3.05) is 31.2 Å². The van der Waals surface area contributed by atoms with Crippen LogP contribution in [0.1, 0.15) is 44.9 Å². The second kappa shape index (κ2) is 9.26. The summed E-state index contributed by atoms with van der Waals surface area (Å²) in [7, 11) is 0. The highest BCUT2D eigenvalue weighted by Gasteiger charge is 2.57. The zero-order valence-electron chi connectivity index (χ0n) is 23.1. The van der Waals surface area contributed by atoms with E-state index in [2.05, 4.69) is 15.2 Å². The number of ether oxygens (including phenoxy) is 1. The number of hydrogen-bond donors (Lipinski definition) is 3. The van der Waals surface area contributed by atoms with Crippen LogP contribution < -0.4 is 15.0 Å². The summed E-state index contributed by atoms with van der Waals surface area (Å²) >= 11 is 0. The minimum Gasteiger partial charge on any atom is -0.508 e. The Kier molecular flexibility index (Phi) is 5.70. The molecule has 3 N–H and O–H groups in total. The van der Waals surface area contributed by atoms with Crippen LogP contribution in [0.4, 0.5) is 10.2 Å². The first-order valence-electron chi connectivity index (χ1n) is 14.9. The van der Waals surface area contributed by atoms with Crippen molar-refractivity contribution in [3.63, 3.8) is 0 Å². The summed E-state index contributed by atoms with van der Waals surface area (Å²) in [6.07, 6.45) is 7.89. The SMILES string of the molecule is OCC1(COc2nc(N3C[C@H]4CC[C@@H](C3)N4)c3ccc(-c4cc(O)cc5ccccc45)c(F)c3n2)CC2(CCC2)C1. The molecule has 41 heavy (non-hydrogen) atoms. The zero-order chi connectivity index (χ0) is 27.8. The van der Waals surface area contributed by atoms with E-state index in [9.17, 15) is 10.2 Å². The minimum atomic E-state index is -0.459. The predicted octanol–water partition coefficient (Wildman–Crippen LogP) is 5.56. The summed E-state index contributed by atoms with van der Waals surface area (Å²) < 4.78 is 22.8. The summed E-state index contributed by atoms with van der Waals surface area (Å²) in [6, 6.07) is 15.6. The van der Waals surface area contributed by atoms with Crippen LogP contribution in [0.25, 0.3) is 32.8 Å². The molecule has 212 valence electrons. The largest absolute Gasteiger partial charge is 0.508 e. The Labute approximate surface area is 238 Å². The van der Waals surface area contributed by atoms with Crippen molar-refractivity contribution in [1.29, 1.82) is 0 Å². The van der Waals surface area contributed by atoms with Gasteiger partial charge in [-0.3, -0.25) is 0 Å². The molecule has 8 heteroatoms. The normalized spacial score (nSPS) is 24.0. The van der Waals surface area contributed by atoms with E-state index >= 15 is 4.39 Å². The fourth-order valence-electron chi connectivity index (χ4n) is 8.17. The number of aromatic hydroxyl groups is 1. The number of phenols is 1. The number of fused-ring (bicyclic) bond motifs is 4. The number of anilines is 1. The van der Waals surface area contributed by atoms with Crippen molar-refractivity contribution in [2.45, 2.75) is 57.0 Å². The Morgan fingerprint density at radius 1 is 0.976 bits per heavy atom. The van der Waals surface area contributed by atoms with E-state index in [-0.39, 0.29) is 29.3 Å². The van der Waals surface area contributed by atoms with E-state index in [0.717, 1.165) is 49.5 Å². The maximum atomic E-state index is 16.6. The van der Waals surface area contributed by atoms with Gasteiger partial charge in [-0.1, -0.05) is 36.8 Å². The lowest BCUT2D eigenvalue weighted by Gasteiger charge is -2.60. The molecule has 4 fully saturated rings. The van der Waals surface area contributed by atoms with E-state index in [4.69, 9.17) is 9.72 Å². The number of aliphatic hydroxyl groups excluding tert-OH is 1. The van der Waals surface area contributed by atoms with E-state index < -0.39 is 5.82 Å². The van der Waals surface area contributed by atoms with Gasteiger partial charge in [0.2, 0.25) is 0 Å². The van der Waals surface area contributed by atoms with Crippen LogP contribution >= 0.6 is 0 Å². The van der Waals surface area contributed by atoms with Crippen LogP contribution in [0.5, 0.6) is 11.8 Å². The summed E-state index contributed by atoms with van der Waals surface area (Å²) in [4.78, 5) is 11.8. The lowest BCUT2D eigenvalue weighted by molar-refractivity contribution is -0.139. The molecule has 1 spiro atoms. The number of rotatable bonds is 6. The number of piperazine rings is 1. The van der Waals surface area contributed by atoms with Crippen LogP contribution in [-0.4, -0.2) is 58.6 Å². The van der Waals surface area contributed by atoms with Crippen molar-refractivity contribution < 1.29 is 19.3 Å². The van der Waals surface area contributed by atoms with Gasteiger partial charge >= 0.3 is 6.01 Å². The molecule has 2 saturated heterocycles. The molecule has 3 aromatic carbocycles. The van der Waals surface area contributed by atoms with E-state index in [0.29, 0.717) is 46.4 Å². The van der Waals surface area contributed by atoms with Gasteiger partial charge in [0.15, 0.2) is 5.82 Å². The van der Waals surface area contributed by atoms with Crippen LogP contribution in [0.2, 0.25) is 0 Å². The van der Waals surface area contributed by atoms with Gasteiger partial charge in [0.05, 0.1) is 13.2 Å². The van der Waals surface area contributed by atoms with Gasteiger partial charge in [-0.25, -0.2) is 4.39 Å². The molecule has 0 radical (unpaired) electrons. The van der Waals surface area contributed by atoms with Crippen molar-refractivity contribution in [3.8, 4) is 22.9 Å². The lowest BCUT2D eigenvalue weighted by atomic mass is 9.46. The third-order valence-corrected chi connectivity index (χ3v) is 10.2. The van der Waals surface area contributed by atoms with Crippen molar-refractivity contribution in [2.24, 2.45) is 10.8 Å². The van der Waals surface area contributed by atoms with Gasteiger partial charge in [0.1, 0.15) is 17.1 Å². The summed E-state index contributed by atoms with van der Waals surface area (Å²) in [5.41, 5.74) is 1.30. The van der Waals surface area contributed by atoms with Crippen LogP contribution in [-0.2, 0) is 0 Å².